The minimum atomic E-state index is -0.530. The van der Waals surface area contributed by atoms with E-state index in [9.17, 15) is 9.90 Å². The molecular weight excluding hydrogens is 332 g/mol. The van der Waals surface area contributed by atoms with Gasteiger partial charge < -0.3 is 25.8 Å². The summed E-state index contributed by atoms with van der Waals surface area (Å²) in [6, 6.07) is 0. The molecular formula is C19H40N4O3. The average Bonchev–Trinajstić information content (AvgIpc) is 2.51. The molecule has 0 radical (unpaired) electrons. The zero-order valence-corrected chi connectivity index (χ0v) is 18.0. The second-order valence-corrected chi connectivity index (χ2v) is 8.42. The lowest BCUT2D eigenvalue weighted by Gasteiger charge is -2.30. The normalized spacial score (nSPS) is 13.3. The molecule has 0 saturated heterocycles. The quantitative estimate of drug-likeness (QED) is 0.369. The molecule has 0 bridgehead atoms. The number of aliphatic hydroxyl groups is 1. The van der Waals surface area contributed by atoms with Crippen LogP contribution in [0.4, 0.5) is 4.79 Å². The van der Waals surface area contributed by atoms with Crippen LogP contribution < -0.4 is 16.0 Å². The standard InChI is InChI=1S/C19H40N4O3/c1-9-19(10-2,14-24)13-22-15(20-11-3)21-12-18(7,8)23-16(25)26-17(4,5)6/h24H,9-14H2,1-8H3,(H,23,25)(H2,20,21,22). The van der Waals surface area contributed by atoms with Crippen LogP contribution >= 0.6 is 0 Å². The molecule has 0 unspecified atom stereocenters. The monoisotopic (exact) mass is 372 g/mol. The van der Waals surface area contributed by atoms with Crippen molar-refractivity contribution in [2.24, 2.45) is 10.4 Å². The van der Waals surface area contributed by atoms with Crippen LogP contribution in [0.15, 0.2) is 4.99 Å². The van der Waals surface area contributed by atoms with Gasteiger partial charge in [-0.05, 0) is 54.4 Å². The highest BCUT2D eigenvalue weighted by atomic mass is 16.6. The number of nitrogens with zero attached hydrogens (tertiary/aromatic N) is 1. The lowest BCUT2D eigenvalue weighted by Crippen LogP contribution is -2.54. The van der Waals surface area contributed by atoms with E-state index in [1.54, 1.807) is 0 Å². The lowest BCUT2D eigenvalue weighted by atomic mass is 9.83. The molecule has 7 nitrogen and oxygen atoms in total. The smallest absolute Gasteiger partial charge is 0.408 e. The van der Waals surface area contributed by atoms with Gasteiger partial charge in [-0.1, -0.05) is 13.8 Å². The van der Waals surface area contributed by atoms with Crippen molar-refractivity contribution in [3.63, 3.8) is 0 Å². The van der Waals surface area contributed by atoms with Crippen LogP contribution in [0.5, 0.6) is 0 Å². The molecule has 0 aliphatic heterocycles. The number of alkyl carbamates (subject to hydrolysis) is 1. The van der Waals surface area contributed by atoms with Gasteiger partial charge in [-0.3, -0.25) is 4.99 Å². The van der Waals surface area contributed by atoms with Crippen LogP contribution in [-0.2, 0) is 4.74 Å². The number of aliphatic hydroxyl groups excluding tert-OH is 1. The largest absolute Gasteiger partial charge is 0.444 e. The van der Waals surface area contributed by atoms with Gasteiger partial charge in [0.2, 0.25) is 0 Å². The Bertz CT molecular complexity index is 444. The summed E-state index contributed by atoms with van der Waals surface area (Å²) < 4.78 is 5.31. The van der Waals surface area contributed by atoms with E-state index in [1.807, 2.05) is 41.5 Å². The molecule has 0 heterocycles. The number of hydrogen-bond acceptors (Lipinski definition) is 4. The second-order valence-electron chi connectivity index (χ2n) is 8.42. The molecule has 154 valence electrons. The van der Waals surface area contributed by atoms with Crippen LogP contribution in [-0.4, -0.2) is 54.5 Å². The van der Waals surface area contributed by atoms with Crippen molar-refractivity contribution >= 4 is 12.1 Å². The molecule has 0 saturated carbocycles. The number of aliphatic imine (C=N–C) groups is 1. The minimum Gasteiger partial charge on any atom is -0.444 e. The number of carbonyl (C=O) groups is 1. The number of amides is 1. The maximum absolute atomic E-state index is 12.0. The third-order valence-corrected chi connectivity index (χ3v) is 4.29. The highest BCUT2D eigenvalue weighted by Crippen LogP contribution is 2.25. The Labute approximate surface area is 159 Å². The zero-order chi connectivity index (χ0) is 20.4. The molecule has 0 rings (SSSR count). The summed E-state index contributed by atoms with van der Waals surface area (Å²) in [5.74, 6) is 0.672. The summed E-state index contributed by atoms with van der Waals surface area (Å²) in [4.78, 5) is 16.6. The Kier molecular flexibility index (Phi) is 9.99. The fourth-order valence-electron chi connectivity index (χ4n) is 2.26. The summed E-state index contributed by atoms with van der Waals surface area (Å²) in [5.41, 5.74) is -1.23. The first kappa shape index (κ1) is 24.5. The van der Waals surface area contributed by atoms with E-state index in [-0.39, 0.29) is 12.0 Å². The molecule has 0 aliphatic rings. The van der Waals surface area contributed by atoms with Crippen molar-refractivity contribution in [3.05, 3.63) is 0 Å². The first-order valence-electron chi connectivity index (χ1n) is 9.56. The van der Waals surface area contributed by atoms with Gasteiger partial charge in [0.1, 0.15) is 5.60 Å². The first-order valence-corrected chi connectivity index (χ1v) is 9.56. The summed E-state index contributed by atoms with van der Waals surface area (Å²) in [6.07, 6.45) is 1.30. The third kappa shape index (κ3) is 9.85. The maximum atomic E-state index is 12.0. The minimum absolute atomic E-state index is 0.120. The predicted molar refractivity (Wildman–Crippen MR) is 108 cm³/mol. The summed E-state index contributed by atoms with van der Waals surface area (Å²) >= 11 is 0. The van der Waals surface area contributed by atoms with E-state index in [2.05, 4.69) is 34.8 Å². The van der Waals surface area contributed by atoms with E-state index in [1.165, 1.54) is 0 Å². The van der Waals surface area contributed by atoms with Gasteiger partial charge in [-0.25, -0.2) is 4.79 Å². The Balaban J connectivity index is 4.85. The Hall–Kier alpha value is -1.50. The van der Waals surface area contributed by atoms with Crippen LogP contribution in [0.1, 0.15) is 68.2 Å². The van der Waals surface area contributed by atoms with E-state index >= 15 is 0 Å². The number of rotatable bonds is 9. The van der Waals surface area contributed by atoms with Gasteiger partial charge in [0.25, 0.3) is 0 Å². The van der Waals surface area contributed by atoms with Crippen LogP contribution in [0.25, 0.3) is 0 Å². The van der Waals surface area contributed by atoms with Crippen molar-refractivity contribution in [1.29, 1.82) is 0 Å². The number of nitrogens with one attached hydrogen (secondary N) is 3. The summed E-state index contributed by atoms with van der Waals surface area (Å²) in [5, 5.41) is 19.0. The van der Waals surface area contributed by atoms with Gasteiger partial charge >= 0.3 is 6.09 Å². The SMILES string of the molecule is CCNC(=NCC(CC)(CC)CO)NCC(C)(C)NC(=O)OC(C)(C)C. The molecule has 0 atom stereocenters. The van der Waals surface area contributed by atoms with Crippen LogP contribution in [0.2, 0.25) is 0 Å². The fraction of sp³-hybridized carbons (Fsp3) is 0.895. The maximum Gasteiger partial charge on any atom is 0.408 e. The van der Waals surface area contributed by atoms with E-state index in [4.69, 9.17) is 4.74 Å². The van der Waals surface area contributed by atoms with E-state index in [0.717, 1.165) is 19.4 Å². The van der Waals surface area contributed by atoms with Crippen molar-refractivity contribution in [2.75, 3.05) is 26.2 Å². The van der Waals surface area contributed by atoms with E-state index in [0.29, 0.717) is 19.0 Å². The number of hydrogen-bond donors (Lipinski definition) is 4. The average molecular weight is 373 g/mol. The summed E-state index contributed by atoms with van der Waals surface area (Å²) in [7, 11) is 0. The first-order chi connectivity index (χ1) is 11.9. The molecule has 26 heavy (non-hydrogen) atoms. The Morgan fingerprint density at radius 3 is 2.04 bits per heavy atom. The van der Waals surface area contributed by atoms with Crippen molar-refractivity contribution in [3.8, 4) is 0 Å². The van der Waals surface area contributed by atoms with Crippen molar-refractivity contribution in [1.82, 2.24) is 16.0 Å². The predicted octanol–water partition coefficient (Wildman–Crippen LogP) is 2.64. The Morgan fingerprint density at radius 1 is 1.04 bits per heavy atom. The van der Waals surface area contributed by atoms with E-state index < -0.39 is 17.2 Å². The zero-order valence-electron chi connectivity index (χ0n) is 18.0. The molecule has 7 heteroatoms. The Morgan fingerprint density at radius 2 is 1.62 bits per heavy atom. The lowest BCUT2D eigenvalue weighted by molar-refractivity contribution is 0.0474. The number of guanidine groups is 1. The molecule has 1 amide bonds. The van der Waals surface area contributed by atoms with Gasteiger partial charge in [-0.15, -0.1) is 0 Å². The molecule has 0 aliphatic carbocycles. The third-order valence-electron chi connectivity index (χ3n) is 4.29. The molecule has 0 aromatic heterocycles. The van der Waals surface area contributed by atoms with Crippen LogP contribution in [0.3, 0.4) is 0 Å². The fourth-order valence-corrected chi connectivity index (χ4v) is 2.26. The molecule has 4 N–H and O–H groups in total. The van der Waals surface area contributed by atoms with Crippen molar-refractivity contribution < 1.29 is 14.6 Å². The molecule has 0 fully saturated rings. The molecule has 0 aromatic carbocycles. The van der Waals surface area contributed by atoms with Gasteiger partial charge in [0.15, 0.2) is 5.96 Å². The van der Waals surface area contributed by atoms with Gasteiger partial charge in [0, 0.05) is 18.5 Å². The van der Waals surface area contributed by atoms with Crippen molar-refractivity contribution in [2.45, 2.75) is 79.4 Å². The van der Waals surface area contributed by atoms with Crippen LogP contribution in [0, 0.1) is 5.41 Å². The molecule has 0 spiro atoms. The van der Waals surface area contributed by atoms with Gasteiger partial charge in [0.05, 0.1) is 18.7 Å². The highest BCUT2D eigenvalue weighted by Gasteiger charge is 2.26. The number of ether oxygens (including phenoxy) is 1. The summed E-state index contributed by atoms with van der Waals surface area (Å²) in [6.45, 7) is 17.4. The second kappa shape index (κ2) is 10.6. The number of carbonyl (C=O) groups excluding carboxylic acids is 1. The van der Waals surface area contributed by atoms with Gasteiger partial charge in [-0.2, -0.15) is 0 Å². The topological polar surface area (TPSA) is 95.0 Å². The molecule has 0 aromatic rings. The highest BCUT2D eigenvalue weighted by molar-refractivity contribution is 5.80.